The first kappa shape index (κ1) is 14.9. The molecule has 0 aliphatic carbocycles. The normalized spacial score (nSPS) is 15.2. The van der Waals surface area contributed by atoms with Crippen molar-refractivity contribution in [2.75, 3.05) is 6.54 Å². The molecule has 1 amide bonds. The van der Waals surface area contributed by atoms with Gasteiger partial charge in [0.05, 0.1) is 6.54 Å². The Balaban J connectivity index is 1.80. The molecule has 0 atom stereocenters. The predicted molar refractivity (Wildman–Crippen MR) is 78.9 cm³/mol. The van der Waals surface area contributed by atoms with Crippen LogP contribution in [0.5, 0.6) is 0 Å². The van der Waals surface area contributed by atoms with Gasteiger partial charge in [-0.1, -0.05) is 0 Å². The number of nitrogens with one attached hydrogen (secondary N) is 2. The maximum atomic E-state index is 12.3. The first-order valence-electron chi connectivity index (χ1n) is 6.99. The van der Waals surface area contributed by atoms with Crippen LogP contribution in [0.15, 0.2) is 33.7 Å². The number of aryl methyl sites for hydroxylation is 2. The number of nitrogens with zero attached hydrogens (tertiary/aromatic N) is 1. The summed E-state index contributed by atoms with van der Waals surface area (Å²) in [6, 6.07) is 4.89. The van der Waals surface area contributed by atoms with Crippen molar-refractivity contribution in [3.63, 3.8) is 0 Å². The van der Waals surface area contributed by atoms with Crippen molar-refractivity contribution in [3.8, 4) is 0 Å². The molecule has 0 aromatic carbocycles. The summed E-state index contributed by atoms with van der Waals surface area (Å²) in [6.45, 7) is 3.07. The van der Waals surface area contributed by atoms with Crippen molar-refractivity contribution in [1.82, 2.24) is 14.6 Å². The zero-order chi connectivity index (χ0) is 15.7. The third-order valence-electron chi connectivity index (χ3n) is 3.51. The van der Waals surface area contributed by atoms with Crippen molar-refractivity contribution in [1.29, 1.82) is 0 Å². The van der Waals surface area contributed by atoms with E-state index in [0.29, 0.717) is 24.5 Å². The van der Waals surface area contributed by atoms with Gasteiger partial charge in [0.25, 0.3) is 5.91 Å². The van der Waals surface area contributed by atoms with Crippen LogP contribution in [0.3, 0.4) is 0 Å². The highest BCUT2D eigenvalue weighted by molar-refractivity contribution is 7.89. The Morgan fingerprint density at radius 2 is 2.23 bits per heavy atom. The van der Waals surface area contributed by atoms with E-state index in [-0.39, 0.29) is 17.3 Å². The molecule has 0 unspecified atom stereocenters. The second-order valence-electron chi connectivity index (χ2n) is 5.20. The minimum atomic E-state index is -3.69. The molecule has 3 rings (SSSR count). The number of furan rings is 1. The molecule has 2 aromatic heterocycles. The lowest BCUT2D eigenvalue weighted by atomic mass is 10.4. The van der Waals surface area contributed by atoms with Crippen LogP contribution in [0.1, 0.15) is 28.4 Å². The molecule has 0 radical (unpaired) electrons. The van der Waals surface area contributed by atoms with Gasteiger partial charge in [0.15, 0.2) is 0 Å². The van der Waals surface area contributed by atoms with Crippen LogP contribution >= 0.6 is 0 Å². The minimum absolute atomic E-state index is 0.0723. The van der Waals surface area contributed by atoms with E-state index in [1.54, 1.807) is 23.6 Å². The lowest BCUT2D eigenvalue weighted by Crippen LogP contribution is -2.23. The number of aromatic nitrogens is 1. The Morgan fingerprint density at radius 1 is 1.41 bits per heavy atom. The summed E-state index contributed by atoms with van der Waals surface area (Å²) < 4.78 is 34.1. The van der Waals surface area contributed by atoms with Crippen molar-refractivity contribution in [2.24, 2.45) is 0 Å². The van der Waals surface area contributed by atoms with E-state index in [1.165, 1.54) is 12.3 Å². The molecule has 0 bridgehead atoms. The first-order chi connectivity index (χ1) is 10.5. The third kappa shape index (κ3) is 2.93. The second kappa shape index (κ2) is 5.62. The summed E-state index contributed by atoms with van der Waals surface area (Å²) in [7, 11) is -3.69. The average molecular weight is 323 g/mol. The van der Waals surface area contributed by atoms with Crippen LogP contribution in [-0.2, 0) is 23.1 Å². The molecule has 0 saturated heterocycles. The Bertz CT molecular complexity index is 804. The maximum absolute atomic E-state index is 12.3. The lowest BCUT2D eigenvalue weighted by Gasteiger charge is -2.03. The fraction of sp³-hybridized carbons (Fsp3) is 0.357. The van der Waals surface area contributed by atoms with Crippen molar-refractivity contribution < 1.29 is 17.6 Å². The molecule has 22 heavy (non-hydrogen) atoms. The molecule has 1 aliphatic rings. The van der Waals surface area contributed by atoms with E-state index in [4.69, 9.17) is 4.42 Å². The molecule has 2 N–H and O–H groups in total. The molecule has 0 saturated carbocycles. The predicted octanol–water partition coefficient (Wildman–Crippen LogP) is 1.00. The fourth-order valence-electron chi connectivity index (χ4n) is 2.38. The molecule has 2 aromatic rings. The molecule has 118 valence electrons. The Kier molecular flexibility index (Phi) is 3.79. The van der Waals surface area contributed by atoms with E-state index < -0.39 is 10.0 Å². The van der Waals surface area contributed by atoms with E-state index in [9.17, 15) is 13.2 Å². The van der Waals surface area contributed by atoms with E-state index >= 15 is 0 Å². The standard InChI is InChI=1S/C14H17N3O4S/c1-10-3-4-11(21-10)8-16-22(19,20)12-7-13-14(18)15-5-2-6-17(13)9-12/h3-4,7,9,16H,2,5-6,8H2,1H3,(H,15,18). The summed E-state index contributed by atoms with van der Waals surface area (Å²) >= 11 is 0. The smallest absolute Gasteiger partial charge is 0.267 e. The largest absolute Gasteiger partial charge is 0.465 e. The van der Waals surface area contributed by atoms with Crippen LogP contribution in [-0.4, -0.2) is 25.4 Å². The lowest BCUT2D eigenvalue weighted by molar-refractivity contribution is 0.0951. The van der Waals surface area contributed by atoms with Crippen LogP contribution in [0, 0.1) is 6.92 Å². The number of sulfonamides is 1. The Hall–Kier alpha value is -2.06. The van der Waals surface area contributed by atoms with Gasteiger partial charge in [-0.05, 0) is 31.5 Å². The summed E-state index contributed by atoms with van der Waals surface area (Å²) in [5.74, 6) is 1.02. The average Bonchev–Trinajstić information content (AvgIpc) is 3.04. The number of hydrogen-bond acceptors (Lipinski definition) is 4. The monoisotopic (exact) mass is 323 g/mol. The van der Waals surface area contributed by atoms with E-state index in [0.717, 1.165) is 12.2 Å². The Morgan fingerprint density at radius 3 is 2.95 bits per heavy atom. The molecule has 0 fully saturated rings. The summed E-state index contributed by atoms with van der Waals surface area (Å²) in [5.41, 5.74) is 0.367. The van der Waals surface area contributed by atoms with Gasteiger partial charge in [0.1, 0.15) is 22.1 Å². The fourth-order valence-corrected chi connectivity index (χ4v) is 3.41. The molecule has 0 spiro atoms. The summed E-state index contributed by atoms with van der Waals surface area (Å²) in [5, 5.41) is 2.74. The number of amides is 1. The Labute approximate surface area is 128 Å². The van der Waals surface area contributed by atoms with Gasteiger partial charge < -0.3 is 14.3 Å². The molecular formula is C14H17N3O4S. The quantitative estimate of drug-likeness (QED) is 0.878. The molecule has 7 nitrogen and oxygen atoms in total. The van der Waals surface area contributed by atoms with Gasteiger partial charge in [-0.15, -0.1) is 0 Å². The highest BCUT2D eigenvalue weighted by Gasteiger charge is 2.23. The third-order valence-corrected chi connectivity index (χ3v) is 4.88. The zero-order valence-corrected chi connectivity index (χ0v) is 12.9. The zero-order valence-electron chi connectivity index (χ0n) is 12.1. The number of carbonyl (C=O) groups is 1. The van der Waals surface area contributed by atoms with Crippen LogP contribution in [0.25, 0.3) is 0 Å². The maximum Gasteiger partial charge on any atom is 0.267 e. The van der Waals surface area contributed by atoms with Gasteiger partial charge >= 0.3 is 0 Å². The summed E-state index contributed by atoms with van der Waals surface area (Å²) in [6.07, 6.45) is 2.27. The minimum Gasteiger partial charge on any atom is -0.465 e. The second-order valence-corrected chi connectivity index (χ2v) is 6.97. The van der Waals surface area contributed by atoms with E-state index in [1.807, 2.05) is 0 Å². The molecule has 3 heterocycles. The number of fused-ring (bicyclic) bond motifs is 1. The van der Waals surface area contributed by atoms with Gasteiger partial charge in [-0.3, -0.25) is 4.79 Å². The van der Waals surface area contributed by atoms with Crippen LogP contribution < -0.4 is 10.0 Å². The molecule has 8 heteroatoms. The van der Waals surface area contributed by atoms with Crippen LogP contribution in [0.2, 0.25) is 0 Å². The SMILES string of the molecule is Cc1ccc(CNS(=O)(=O)c2cc3n(c2)CCCNC3=O)o1. The number of rotatable bonds is 4. The van der Waals surface area contributed by atoms with Gasteiger partial charge in [-0.2, -0.15) is 0 Å². The topological polar surface area (TPSA) is 93.3 Å². The highest BCUT2D eigenvalue weighted by atomic mass is 32.2. The highest BCUT2D eigenvalue weighted by Crippen LogP contribution is 2.17. The molecular weight excluding hydrogens is 306 g/mol. The van der Waals surface area contributed by atoms with Crippen LogP contribution in [0.4, 0.5) is 0 Å². The van der Waals surface area contributed by atoms with Gasteiger partial charge in [0, 0.05) is 19.3 Å². The summed E-state index contributed by atoms with van der Waals surface area (Å²) in [4.78, 5) is 12.0. The number of hydrogen-bond donors (Lipinski definition) is 2. The first-order valence-corrected chi connectivity index (χ1v) is 8.47. The van der Waals surface area contributed by atoms with Crippen molar-refractivity contribution in [3.05, 3.63) is 41.6 Å². The van der Waals surface area contributed by atoms with Crippen molar-refractivity contribution >= 4 is 15.9 Å². The van der Waals surface area contributed by atoms with E-state index in [2.05, 4.69) is 10.0 Å². The van der Waals surface area contributed by atoms with Gasteiger partial charge in [0.2, 0.25) is 10.0 Å². The van der Waals surface area contributed by atoms with Crippen molar-refractivity contribution in [2.45, 2.75) is 31.3 Å². The van der Waals surface area contributed by atoms with Gasteiger partial charge in [-0.25, -0.2) is 13.1 Å². The molecule has 1 aliphatic heterocycles. The number of carbonyl (C=O) groups excluding carboxylic acids is 1.